The van der Waals surface area contributed by atoms with Crippen molar-refractivity contribution in [1.29, 1.82) is 0 Å². The van der Waals surface area contributed by atoms with Crippen molar-refractivity contribution in [3.63, 3.8) is 0 Å². The Morgan fingerprint density at radius 3 is 1.82 bits per heavy atom. The molecule has 0 aliphatic heterocycles. The number of hydrogen-bond donors (Lipinski definition) is 1. The average molecular weight is 154 g/mol. The Hall–Kier alpha value is -0.920. The summed E-state index contributed by atoms with van der Waals surface area (Å²) in [7, 11) is 5.96. The van der Waals surface area contributed by atoms with Crippen LogP contribution in [-0.2, 0) is 0 Å². The van der Waals surface area contributed by atoms with E-state index in [4.69, 9.17) is 0 Å². The Bertz CT molecular complexity index is 178. The van der Waals surface area contributed by atoms with Crippen LogP contribution in [-0.4, -0.2) is 26.0 Å². The van der Waals surface area contributed by atoms with Gasteiger partial charge in [0.15, 0.2) is 0 Å². The summed E-state index contributed by atoms with van der Waals surface area (Å²) in [6.45, 7) is 7.95. The van der Waals surface area contributed by atoms with Crippen LogP contribution in [0.25, 0.3) is 0 Å². The number of likely N-dealkylation sites (N-methyl/N-ethyl adjacent to an activating group) is 1. The zero-order chi connectivity index (χ0) is 9.02. The van der Waals surface area contributed by atoms with Crippen molar-refractivity contribution in [2.75, 3.05) is 21.1 Å². The summed E-state index contributed by atoms with van der Waals surface area (Å²) in [6, 6.07) is 0. The minimum Gasteiger partial charge on any atom is -0.387 e. The molecule has 0 aliphatic carbocycles. The van der Waals surface area contributed by atoms with Gasteiger partial charge in [0.2, 0.25) is 0 Å². The maximum absolute atomic E-state index is 3.88. The molecule has 0 unspecified atom stereocenters. The lowest BCUT2D eigenvalue weighted by atomic mass is 10.2. The molecule has 1 N–H and O–H groups in total. The van der Waals surface area contributed by atoms with Crippen LogP contribution in [0.2, 0.25) is 0 Å². The van der Waals surface area contributed by atoms with Crippen molar-refractivity contribution in [3.05, 3.63) is 23.5 Å². The number of hydrogen-bond acceptors (Lipinski definition) is 2. The quantitative estimate of drug-likeness (QED) is 0.621. The summed E-state index contributed by atoms with van der Waals surface area (Å²) >= 11 is 0. The largest absolute Gasteiger partial charge is 0.387 e. The summed E-state index contributed by atoms with van der Waals surface area (Å²) in [5.74, 6) is 0. The fraction of sp³-hybridized carbons (Fsp3) is 0.556. The summed E-state index contributed by atoms with van der Waals surface area (Å²) in [5, 5.41) is 3.12. The molecule has 0 aromatic rings. The van der Waals surface area contributed by atoms with Crippen molar-refractivity contribution in [1.82, 2.24) is 10.2 Å². The van der Waals surface area contributed by atoms with Gasteiger partial charge in [0, 0.05) is 26.8 Å². The first-order valence-electron chi connectivity index (χ1n) is 3.72. The highest BCUT2D eigenvalue weighted by molar-refractivity contribution is 5.28. The van der Waals surface area contributed by atoms with Crippen LogP contribution < -0.4 is 5.32 Å². The first-order valence-corrected chi connectivity index (χ1v) is 3.72. The molecule has 0 aliphatic rings. The molecule has 0 saturated carbocycles. The van der Waals surface area contributed by atoms with Crippen molar-refractivity contribution < 1.29 is 0 Å². The van der Waals surface area contributed by atoms with Gasteiger partial charge in [-0.25, -0.2) is 0 Å². The van der Waals surface area contributed by atoms with E-state index in [0.717, 1.165) is 11.3 Å². The Balaban J connectivity index is 4.68. The number of nitrogens with one attached hydrogen (secondary N) is 1. The third-order valence-electron chi connectivity index (χ3n) is 1.71. The maximum Gasteiger partial charge on any atom is 0.0553 e. The first-order chi connectivity index (χ1) is 5.00. The monoisotopic (exact) mass is 154 g/mol. The van der Waals surface area contributed by atoms with Crippen LogP contribution in [0.15, 0.2) is 23.5 Å². The summed E-state index contributed by atoms with van der Waals surface area (Å²) < 4.78 is 0. The number of allylic oxidation sites excluding steroid dienone is 2. The van der Waals surface area contributed by atoms with Crippen molar-refractivity contribution >= 4 is 0 Å². The van der Waals surface area contributed by atoms with Crippen LogP contribution in [0.1, 0.15) is 13.8 Å². The minimum atomic E-state index is 1.07. The van der Waals surface area contributed by atoms with Gasteiger partial charge in [-0.3, -0.25) is 0 Å². The normalized spacial score (nSPS) is 12.1. The molecular formula is C9H18N2. The second-order valence-corrected chi connectivity index (χ2v) is 2.89. The predicted octanol–water partition coefficient (Wildman–Crippen LogP) is 1.57. The molecule has 0 heterocycles. The van der Waals surface area contributed by atoms with Gasteiger partial charge in [0.25, 0.3) is 0 Å². The highest BCUT2D eigenvalue weighted by Crippen LogP contribution is 2.09. The molecule has 0 bridgehead atoms. The van der Waals surface area contributed by atoms with Gasteiger partial charge in [0.1, 0.15) is 0 Å². The smallest absolute Gasteiger partial charge is 0.0553 e. The van der Waals surface area contributed by atoms with Crippen LogP contribution in [0.4, 0.5) is 0 Å². The standard InChI is InChI=1S/C9H18N2/c1-7(2)9(10-4)8(3)11(5)6/h10H,1H2,2-6H3/b9-8-. The third-order valence-corrected chi connectivity index (χ3v) is 1.71. The Kier molecular flexibility index (Phi) is 3.72. The molecule has 0 saturated heterocycles. The molecule has 0 atom stereocenters. The van der Waals surface area contributed by atoms with Gasteiger partial charge in [-0.05, 0) is 19.4 Å². The van der Waals surface area contributed by atoms with Crippen LogP contribution in [0.5, 0.6) is 0 Å². The van der Waals surface area contributed by atoms with Gasteiger partial charge in [0.05, 0.1) is 5.70 Å². The van der Waals surface area contributed by atoms with E-state index in [1.54, 1.807) is 0 Å². The van der Waals surface area contributed by atoms with Crippen molar-refractivity contribution in [3.8, 4) is 0 Å². The molecular weight excluding hydrogens is 136 g/mol. The number of nitrogens with zero attached hydrogens (tertiary/aromatic N) is 1. The maximum atomic E-state index is 3.88. The average Bonchev–Trinajstić information content (AvgIpc) is 1.88. The molecule has 0 aromatic carbocycles. The summed E-state index contributed by atoms with van der Waals surface area (Å²) in [4.78, 5) is 2.07. The SMILES string of the molecule is C=C(C)/C(NC)=C(\C)N(C)C. The first kappa shape index (κ1) is 10.1. The molecule has 0 aromatic heterocycles. The van der Waals surface area contributed by atoms with Crippen molar-refractivity contribution in [2.24, 2.45) is 0 Å². The molecule has 0 amide bonds. The topological polar surface area (TPSA) is 15.3 Å². The lowest BCUT2D eigenvalue weighted by Gasteiger charge is -2.18. The molecule has 2 heteroatoms. The van der Waals surface area contributed by atoms with Gasteiger partial charge < -0.3 is 10.2 Å². The molecule has 64 valence electrons. The van der Waals surface area contributed by atoms with Crippen LogP contribution in [0, 0.1) is 0 Å². The van der Waals surface area contributed by atoms with E-state index in [9.17, 15) is 0 Å². The second-order valence-electron chi connectivity index (χ2n) is 2.89. The van der Waals surface area contributed by atoms with Gasteiger partial charge in [-0.15, -0.1) is 0 Å². The van der Waals surface area contributed by atoms with Crippen LogP contribution >= 0.6 is 0 Å². The second kappa shape index (κ2) is 4.06. The molecule has 0 fully saturated rings. The minimum absolute atomic E-state index is 1.07. The summed E-state index contributed by atoms with van der Waals surface area (Å²) in [5.41, 5.74) is 3.40. The third kappa shape index (κ3) is 2.66. The van der Waals surface area contributed by atoms with E-state index in [0.29, 0.717) is 0 Å². The van der Waals surface area contributed by atoms with Gasteiger partial charge in [-0.1, -0.05) is 6.58 Å². The van der Waals surface area contributed by atoms with E-state index in [2.05, 4.69) is 23.7 Å². The molecule has 0 radical (unpaired) electrons. The zero-order valence-corrected chi connectivity index (χ0v) is 8.15. The van der Waals surface area contributed by atoms with Gasteiger partial charge in [-0.2, -0.15) is 0 Å². The summed E-state index contributed by atoms with van der Waals surface area (Å²) in [6.07, 6.45) is 0. The van der Waals surface area contributed by atoms with E-state index >= 15 is 0 Å². The fourth-order valence-electron chi connectivity index (χ4n) is 0.927. The van der Waals surface area contributed by atoms with Crippen LogP contribution in [0.3, 0.4) is 0 Å². The molecule has 11 heavy (non-hydrogen) atoms. The highest BCUT2D eigenvalue weighted by Gasteiger charge is 2.01. The van der Waals surface area contributed by atoms with E-state index in [1.165, 1.54) is 5.70 Å². The Labute approximate surface area is 69.6 Å². The lowest BCUT2D eigenvalue weighted by Crippen LogP contribution is -2.18. The highest BCUT2D eigenvalue weighted by atomic mass is 15.1. The molecule has 0 spiro atoms. The predicted molar refractivity (Wildman–Crippen MR) is 50.3 cm³/mol. The fourth-order valence-corrected chi connectivity index (χ4v) is 0.927. The molecule has 0 rings (SSSR count). The Morgan fingerprint density at radius 2 is 1.73 bits per heavy atom. The number of rotatable bonds is 3. The zero-order valence-electron chi connectivity index (χ0n) is 8.15. The van der Waals surface area contributed by atoms with E-state index in [1.807, 2.05) is 28.1 Å². The van der Waals surface area contributed by atoms with E-state index < -0.39 is 0 Å². The Morgan fingerprint density at radius 1 is 1.27 bits per heavy atom. The van der Waals surface area contributed by atoms with E-state index in [-0.39, 0.29) is 0 Å². The lowest BCUT2D eigenvalue weighted by molar-refractivity contribution is 0.503. The molecule has 2 nitrogen and oxygen atoms in total. The van der Waals surface area contributed by atoms with Gasteiger partial charge >= 0.3 is 0 Å². The van der Waals surface area contributed by atoms with Crippen molar-refractivity contribution in [2.45, 2.75) is 13.8 Å².